The number of hydrogen-bond acceptors (Lipinski definition) is 4. The lowest BCUT2D eigenvalue weighted by molar-refractivity contribution is 0.0443. The highest BCUT2D eigenvalue weighted by atomic mass is 79.9. The predicted molar refractivity (Wildman–Crippen MR) is 90.5 cm³/mol. The zero-order valence-corrected chi connectivity index (χ0v) is 17.8. The second-order valence-electron chi connectivity index (χ2n) is 6.67. The second-order valence-corrected chi connectivity index (χ2v) is 10.5. The van der Waals surface area contributed by atoms with E-state index in [0.29, 0.717) is 0 Å². The van der Waals surface area contributed by atoms with Gasteiger partial charge in [0.15, 0.2) is 0 Å². The Bertz CT molecular complexity index is 326. The van der Waals surface area contributed by atoms with Gasteiger partial charge in [-0.05, 0) is 17.8 Å². The van der Waals surface area contributed by atoms with E-state index >= 15 is 0 Å². The number of phosphoric ester groups is 1. The molecule has 3 atom stereocenters. The molecule has 0 radical (unpaired) electrons. The van der Waals surface area contributed by atoms with Crippen molar-refractivity contribution >= 4 is 51.3 Å². The molecule has 0 saturated carbocycles. The summed E-state index contributed by atoms with van der Waals surface area (Å²) in [5.41, 5.74) is -1.34. The van der Waals surface area contributed by atoms with Gasteiger partial charge >= 0.3 is 7.82 Å². The molecule has 0 fully saturated rings. The molecule has 0 spiro atoms. The highest BCUT2D eigenvalue weighted by molar-refractivity contribution is 9.09. The van der Waals surface area contributed by atoms with Crippen LogP contribution in [-0.4, -0.2) is 15.6 Å². The largest absolute Gasteiger partial charge is 0.478 e. The molecule has 0 rings (SSSR count). The van der Waals surface area contributed by atoms with Crippen molar-refractivity contribution in [1.82, 2.24) is 0 Å². The molecule has 0 amide bonds. The first kappa shape index (κ1) is 21.4. The molecule has 0 bridgehead atoms. The van der Waals surface area contributed by atoms with Crippen molar-refractivity contribution in [3.05, 3.63) is 0 Å². The average molecular weight is 459 g/mol. The van der Waals surface area contributed by atoms with Crippen molar-refractivity contribution in [3.8, 4) is 0 Å². The summed E-state index contributed by atoms with van der Waals surface area (Å²) in [6.45, 7) is 13.2. The topological polar surface area (TPSA) is 44.8 Å². The van der Waals surface area contributed by atoms with Crippen LogP contribution in [0, 0.1) is 10.8 Å². The molecule has 8 heteroatoms. The summed E-state index contributed by atoms with van der Waals surface area (Å²) in [6, 6.07) is 0. The molecule has 0 aromatic rings. The van der Waals surface area contributed by atoms with E-state index in [4.69, 9.17) is 25.2 Å². The summed E-state index contributed by atoms with van der Waals surface area (Å²) >= 11 is 12.5. The van der Waals surface area contributed by atoms with Gasteiger partial charge in [-0.2, -0.15) is 0 Å². The van der Waals surface area contributed by atoms with Gasteiger partial charge in [-0.3, -0.25) is 13.6 Å². The van der Waals surface area contributed by atoms with Crippen LogP contribution in [0.15, 0.2) is 0 Å². The van der Waals surface area contributed by atoms with Crippen molar-refractivity contribution in [1.29, 1.82) is 0 Å². The Morgan fingerprint density at radius 2 is 1.20 bits per heavy atom. The maximum atomic E-state index is 12.7. The van der Waals surface area contributed by atoms with Crippen LogP contribution in [0.5, 0.6) is 0 Å². The minimum absolute atomic E-state index is 0.276. The highest BCUT2D eigenvalue weighted by Gasteiger charge is 2.40. The number of rotatable bonds is 6. The summed E-state index contributed by atoms with van der Waals surface area (Å²) in [4.78, 5) is 0. The third kappa shape index (κ3) is 8.11. The lowest BCUT2D eigenvalue weighted by Crippen LogP contribution is -2.27. The van der Waals surface area contributed by atoms with Crippen LogP contribution in [0.1, 0.15) is 48.5 Å². The molecule has 4 nitrogen and oxygen atoms in total. The first-order valence-corrected chi connectivity index (χ1v) is 9.98. The zero-order chi connectivity index (χ0) is 16.4. The molecular weight excluding hydrogens is 434 g/mol. The van der Waals surface area contributed by atoms with Crippen LogP contribution in [0.2, 0.25) is 0 Å². The normalized spacial score (nSPS) is 21.1. The Morgan fingerprint density at radius 3 is 1.40 bits per heavy atom. The van der Waals surface area contributed by atoms with Crippen LogP contribution in [0.3, 0.4) is 0 Å². The first-order chi connectivity index (χ1) is 8.67. The third-order valence-electron chi connectivity index (χ3n) is 2.08. The zero-order valence-electron chi connectivity index (χ0n) is 12.9. The quantitative estimate of drug-likeness (QED) is 0.348. The molecule has 3 unspecified atom stereocenters. The molecule has 0 aliphatic rings. The van der Waals surface area contributed by atoms with Gasteiger partial charge in [0, 0.05) is 0 Å². The molecule has 0 aliphatic carbocycles. The van der Waals surface area contributed by atoms with Crippen LogP contribution in [0.4, 0.5) is 0 Å². The molecule has 0 N–H and O–H groups in total. The fourth-order valence-electron chi connectivity index (χ4n) is 0.795. The number of halogens is 3. The minimum Gasteiger partial charge on any atom is -0.271 e. The van der Waals surface area contributed by atoms with E-state index in [0.717, 1.165) is 0 Å². The number of phosphoric acid groups is 1. The van der Waals surface area contributed by atoms with Gasteiger partial charge in [0.25, 0.3) is 0 Å². The Labute approximate surface area is 144 Å². The molecule has 0 aliphatic heterocycles. The van der Waals surface area contributed by atoms with Gasteiger partial charge in [0.1, 0.15) is 15.6 Å². The van der Waals surface area contributed by atoms with Crippen LogP contribution >= 0.6 is 51.3 Å². The monoisotopic (exact) mass is 456 g/mol. The van der Waals surface area contributed by atoms with Crippen molar-refractivity contribution in [3.63, 3.8) is 0 Å². The summed E-state index contributed by atoms with van der Waals surface area (Å²) in [5.74, 6) is 0. The van der Waals surface area contributed by atoms with Crippen molar-refractivity contribution in [2.45, 2.75) is 64.1 Å². The molecule has 0 aromatic heterocycles. The van der Waals surface area contributed by atoms with E-state index in [-0.39, 0.29) is 10.8 Å². The van der Waals surface area contributed by atoms with E-state index in [1.807, 2.05) is 41.5 Å². The Balaban J connectivity index is 5.07. The standard InChI is InChI=1S/C12H24Br2ClO4P/c1-8(15)17-20(16,18-9(13)11(2,3)4)19-10(14)12(5,6)7/h8-10H,1-7H3. The molecular formula is C12H24Br2ClO4P. The minimum atomic E-state index is -3.81. The van der Waals surface area contributed by atoms with Gasteiger partial charge in [0.05, 0.1) is 0 Å². The van der Waals surface area contributed by atoms with Crippen molar-refractivity contribution in [2.24, 2.45) is 10.8 Å². The molecule has 0 heterocycles. The van der Waals surface area contributed by atoms with E-state index in [1.165, 1.54) is 0 Å². The van der Waals surface area contributed by atoms with Crippen molar-refractivity contribution in [2.75, 3.05) is 0 Å². The molecule has 0 aromatic carbocycles. The Hall–Kier alpha value is 1.36. The summed E-state index contributed by atoms with van der Waals surface area (Å²) in [5, 5.41) is -1.01. The van der Waals surface area contributed by atoms with Gasteiger partial charge in [-0.25, -0.2) is 4.57 Å². The van der Waals surface area contributed by atoms with Crippen molar-refractivity contribution < 1.29 is 18.1 Å². The van der Waals surface area contributed by atoms with Gasteiger partial charge in [-0.1, -0.05) is 85.0 Å². The van der Waals surface area contributed by atoms with E-state index < -0.39 is 23.4 Å². The third-order valence-corrected chi connectivity index (χ3v) is 7.50. The van der Waals surface area contributed by atoms with E-state index in [1.54, 1.807) is 6.92 Å². The van der Waals surface area contributed by atoms with Crippen LogP contribution in [0.25, 0.3) is 0 Å². The van der Waals surface area contributed by atoms with Gasteiger partial charge in [0.2, 0.25) is 0 Å². The lowest BCUT2D eigenvalue weighted by Gasteiger charge is -2.32. The van der Waals surface area contributed by atoms with Crippen LogP contribution in [-0.2, 0) is 18.1 Å². The predicted octanol–water partition coefficient (Wildman–Crippen LogP) is 6.26. The maximum Gasteiger partial charge on any atom is 0.478 e. The molecule has 20 heavy (non-hydrogen) atoms. The first-order valence-electron chi connectivity index (χ1n) is 6.25. The molecule has 122 valence electrons. The highest BCUT2D eigenvalue weighted by Crippen LogP contribution is 2.57. The number of hydrogen-bond donors (Lipinski definition) is 0. The lowest BCUT2D eigenvalue weighted by atomic mass is 9.99. The Morgan fingerprint density at radius 1 is 0.900 bits per heavy atom. The summed E-state index contributed by atoms with van der Waals surface area (Å²) in [6.07, 6.45) is 0. The Kier molecular flexibility index (Phi) is 8.29. The van der Waals surface area contributed by atoms with E-state index in [2.05, 4.69) is 31.9 Å². The summed E-state index contributed by atoms with van der Waals surface area (Å²) in [7, 11) is -3.81. The fourth-order valence-corrected chi connectivity index (χ4v) is 3.91. The fraction of sp³-hybridized carbons (Fsp3) is 1.00. The maximum absolute atomic E-state index is 12.7. The van der Waals surface area contributed by atoms with Gasteiger partial charge in [-0.15, -0.1) is 0 Å². The van der Waals surface area contributed by atoms with Crippen LogP contribution < -0.4 is 0 Å². The number of alkyl halides is 3. The SMILES string of the molecule is CC(Cl)OP(=O)(OC(Br)C(C)(C)C)OC(Br)C(C)(C)C. The second kappa shape index (κ2) is 7.76. The van der Waals surface area contributed by atoms with E-state index in [9.17, 15) is 4.57 Å². The van der Waals surface area contributed by atoms with Gasteiger partial charge < -0.3 is 0 Å². The molecule has 0 saturated heterocycles. The average Bonchev–Trinajstić information content (AvgIpc) is 2.11. The summed E-state index contributed by atoms with van der Waals surface area (Å²) < 4.78 is 28.9. The smallest absolute Gasteiger partial charge is 0.271 e.